The molecule has 0 radical (unpaired) electrons. The van der Waals surface area contributed by atoms with Gasteiger partial charge in [0.25, 0.3) is 5.56 Å². The van der Waals surface area contributed by atoms with E-state index in [0.717, 1.165) is 16.5 Å². The number of rotatable bonds is 1. The van der Waals surface area contributed by atoms with E-state index in [9.17, 15) is 4.79 Å². The van der Waals surface area contributed by atoms with E-state index >= 15 is 0 Å². The number of pyridine rings is 1. The summed E-state index contributed by atoms with van der Waals surface area (Å²) in [6.07, 6.45) is 3.23. The van der Waals surface area contributed by atoms with Gasteiger partial charge in [-0.15, -0.1) is 0 Å². The molecule has 19 heavy (non-hydrogen) atoms. The van der Waals surface area contributed by atoms with Gasteiger partial charge < -0.3 is 4.98 Å². The van der Waals surface area contributed by atoms with Crippen LogP contribution in [0.4, 0.5) is 0 Å². The zero-order valence-electron chi connectivity index (χ0n) is 9.52. The Morgan fingerprint density at radius 1 is 1.21 bits per heavy atom. The molecule has 0 unspecified atom stereocenters. The van der Waals surface area contributed by atoms with Crippen molar-refractivity contribution in [1.82, 2.24) is 15.0 Å². The van der Waals surface area contributed by atoms with Crippen LogP contribution in [0.5, 0.6) is 0 Å². The Morgan fingerprint density at radius 3 is 2.84 bits per heavy atom. The van der Waals surface area contributed by atoms with Crippen LogP contribution in [-0.2, 0) is 0 Å². The molecule has 1 N–H and O–H groups in total. The first-order chi connectivity index (χ1) is 9.16. The van der Waals surface area contributed by atoms with Crippen LogP contribution in [0.15, 0.2) is 41.5 Å². The molecule has 0 amide bonds. The molecule has 2 aromatic heterocycles. The third kappa shape index (κ3) is 2.23. The molecule has 0 aliphatic carbocycles. The molecule has 3 aromatic rings. The maximum absolute atomic E-state index is 11.7. The zero-order valence-corrected chi connectivity index (χ0v) is 12.4. The number of hydrogen-bond acceptors (Lipinski definition) is 3. The highest BCUT2D eigenvalue weighted by atomic mass is 127. The number of hydrogen-bond donors (Lipinski definition) is 1. The number of halogens is 2. The van der Waals surface area contributed by atoms with E-state index in [1.54, 1.807) is 12.3 Å². The van der Waals surface area contributed by atoms with Gasteiger partial charge in [0.2, 0.25) is 0 Å². The van der Waals surface area contributed by atoms with Gasteiger partial charge in [-0.3, -0.25) is 9.78 Å². The SMILES string of the molecule is O=c1[nH]c(-c2ccc(Cl)c3cccnc23)ncc1I. The molecule has 2 heterocycles. The molecule has 0 aliphatic heterocycles. The molecule has 0 aliphatic rings. The molecule has 0 atom stereocenters. The monoisotopic (exact) mass is 383 g/mol. The fraction of sp³-hybridized carbons (Fsp3) is 0. The molecule has 6 heteroatoms. The van der Waals surface area contributed by atoms with Crippen LogP contribution >= 0.6 is 34.2 Å². The van der Waals surface area contributed by atoms with Crippen LogP contribution in [0.1, 0.15) is 0 Å². The Kier molecular flexibility index (Phi) is 3.24. The first-order valence-electron chi connectivity index (χ1n) is 5.45. The second-order valence-corrected chi connectivity index (χ2v) is 5.47. The molecule has 0 fully saturated rings. The van der Waals surface area contributed by atoms with E-state index in [0.29, 0.717) is 14.4 Å². The van der Waals surface area contributed by atoms with Crippen molar-refractivity contribution in [3.8, 4) is 11.4 Å². The molecule has 1 aromatic carbocycles. The van der Waals surface area contributed by atoms with Crippen molar-refractivity contribution in [2.45, 2.75) is 0 Å². The Balaban J connectivity index is 2.34. The maximum Gasteiger partial charge on any atom is 0.264 e. The second kappa shape index (κ2) is 4.90. The summed E-state index contributed by atoms with van der Waals surface area (Å²) in [7, 11) is 0. The highest BCUT2D eigenvalue weighted by Crippen LogP contribution is 2.29. The largest absolute Gasteiger partial charge is 0.306 e. The molecule has 94 valence electrons. The van der Waals surface area contributed by atoms with Gasteiger partial charge in [0, 0.05) is 23.3 Å². The van der Waals surface area contributed by atoms with Crippen molar-refractivity contribution in [2.75, 3.05) is 0 Å². The Morgan fingerprint density at radius 2 is 2.05 bits per heavy atom. The van der Waals surface area contributed by atoms with Crippen LogP contribution in [0, 0.1) is 3.57 Å². The standard InChI is InChI=1S/C13H7ClIN3O/c14-9-4-3-8(11-7(9)2-1-5-16-11)12-17-6-10(15)13(19)18-12/h1-6H,(H,17,18,19). The van der Waals surface area contributed by atoms with E-state index in [-0.39, 0.29) is 5.56 Å². The minimum atomic E-state index is -0.162. The van der Waals surface area contributed by atoms with E-state index in [2.05, 4.69) is 15.0 Å². The van der Waals surface area contributed by atoms with Crippen molar-refractivity contribution in [2.24, 2.45) is 0 Å². The summed E-state index contributed by atoms with van der Waals surface area (Å²) < 4.78 is 0.549. The van der Waals surface area contributed by atoms with Crippen molar-refractivity contribution in [3.63, 3.8) is 0 Å². The highest BCUT2D eigenvalue weighted by Gasteiger charge is 2.10. The predicted octanol–water partition coefficient (Wildman–Crippen LogP) is 3.24. The minimum Gasteiger partial charge on any atom is -0.306 e. The van der Waals surface area contributed by atoms with Crippen molar-refractivity contribution in [1.29, 1.82) is 0 Å². The quantitative estimate of drug-likeness (QED) is 0.656. The first-order valence-corrected chi connectivity index (χ1v) is 6.91. The summed E-state index contributed by atoms with van der Waals surface area (Å²) in [6.45, 7) is 0. The number of aromatic nitrogens is 3. The lowest BCUT2D eigenvalue weighted by atomic mass is 10.1. The van der Waals surface area contributed by atoms with Crippen LogP contribution in [0.2, 0.25) is 5.02 Å². The van der Waals surface area contributed by atoms with Gasteiger partial charge in [-0.05, 0) is 46.9 Å². The Hall–Kier alpha value is -1.47. The lowest BCUT2D eigenvalue weighted by Gasteiger charge is -2.06. The number of benzene rings is 1. The summed E-state index contributed by atoms with van der Waals surface area (Å²) in [5.41, 5.74) is 1.32. The van der Waals surface area contributed by atoms with Gasteiger partial charge in [-0.2, -0.15) is 0 Å². The van der Waals surface area contributed by atoms with Crippen molar-refractivity contribution in [3.05, 3.63) is 55.6 Å². The van der Waals surface area contributed by atoms with Gasteiger partial charge in [0.05, 0.1) is 14.1 Å². The Bertz CT molecular complexity index is 831. The summed E-state index contributed by atoms with van der Waals surface area (Å²) in [5.74, 6) is 0.491. The number of fused-ring (bicyclic) bond motifs is 1. The molecule has 0 bridgehead atoms. The average Bonchev–Trinajstić information content (AvgIpc) is 2.43. The van der Waals surface area contributed by atoms with Crippen molar-refractivity contribution < 1.29 is 0 Å². The minimum absolute atomic E-state index is 0.162. The lowest BCUT2D eigenvalue weighted by Crippen LogP contribution is -2.11. The smallest absolute Gasteiger partial charge is 0.264 e. The highest BCUT2D eigenvalue weighted by molar-refractivity contribution is 14.1. The summed E-state index contributed by atoms with van der Waals surface area (Å²) in [5, 5.41) is 1.46. The summed E-state index contributed by atoms with van der Waals surface area (Å²) in [4.78, 5) is 23.0. The molecule has 0 spiro atoms. The third-order valence-electron chi connectivity index (χ3n) is 2.73. The fourth-order valence-electron chi connectivity index (χ4n) is 1.85. The van der Waals surface area contributed by atoms with Gasteiger partial charge in [0.1, 0.15) is 5.82 Å². The van der Waals surface area contributed by atoms with Gasteiger partial charge >= 0.3 is 0 Å². The number of H-pyrrole nitrogens is 1. The second-order valence-electron chi connectivity index (χ2n) is 3.90. The molecule has 0 saturated heterocycles. The fourth-order valence-corrected chi connectivity index (χ4v) is 2.33. The molecule has 4 nitrogen and oxygen atoms in total. The van der Waals surface area contributed by atoms with E-state index in [1.807, 2.05) is 40.8 Å². The summed E-state index contributed by atoms with van der Waals surface area (Å²) >= 11 is 8.08. The maximum atomic E-state index is 11.7. The van der Waals surface area contributed by atoms with Crippen LogP contribution in [-0.4, -0.2) is 15.0 Å². The van der Waals surface area contributed by atoms with E-state index in [1.165, 1.54) is 6.20 Å². The number of nitrogens with zero attached hydrogens (tertiary/aromatic N) is 2. The predicted molar refractivity (Wildman–Crippen MR) is 83.3 cm³/mol. The third-order valence-corrected chi connectivity index (χ3v) is 3.83. The van der Waals surface area contributed by atoms with Gasteiger partial charge in [0.15, 0.2) is 0 Å². The zero-order chi connectivity index (χ0) is 13.4. The molecule has 0 saturated carbocycles. The van der Waals surface area contributed by atoms with Crippen molar-refractivity contribution >= 4 is 45.1 Å². The molecule has 3 rings (SSSR count). The Labute approximate surface area is 127 Å². The van der Waals surface area contributed by atoms with E-state index in [4.69, 9.17) is 11.6 Å². The van der Waals surface area contributed by atoms with Crippen LogP contribution in [0.25, 0.3) is 22.3 Å². The van der Waals surface area contributed by atoms with E-state index < -0.39 is 0 Å². The normalized spacial score (nSPS) is 10.8. The molecular formula is C13H7ClIN3O. The molecular weight excluding hydrogens is 377 g/mol. The lowest BCUT2D eigenvalue weighted by molar-refractivity contribution is 1.11. The van der Waals surface area contributed by atoms with Gasteiger partial charge in [-0.1, -0.05) is 11.6 Å². The number of nitrogens with one attached hydrogen (secondary N) is 1. The average molecular weight is 384 g/mol. The van der Waals surface area contributed by atoms with Crippen LogP contribution in [0.3, 0.4) is 0 Å². The van der Waals surface area contributed by atoms with Gasteiger partial charge in [-0.25, -0.2) is 4.98 Å². The summed E-state index contributed by atoms with van der Waals surface area (Å²) in [6, 6.07) is 7.29. The number of aromatic amines is 1. The first kappa shape index (κ1) is 12.6. The van der Waals surface area contributed by atoms with Crippen LogP contribution < -0.4 is 5.56 Å². The topological polar surface area (TPSA) is 58.6 Å².